The average molecular weight is 359 g/mol. The highest BCUT2D eigenvalue weighted by molar-refractivity contribution is 5.73. The van der Waals surface area contributed by atoms with Crippen molar-refractivity contribution in [1.29, 1.82) is 0 Å². The molecule has 4 nitrogen and oxygen atoms in total. The van der Waals surface area contributed by atoms with Crippen molar-refractivity contribution in [2.75, 3.05) is 13.1 Å². The van der Waals surface area contributed by atoms with Gasteiger partial charge in [0.05, 0.1) is 0 Å². The van der Waals surface area contributed by atoms with Gasteiger partial charge in [0.1, 0.15) is 5.75 Å². The van der Waals surface area contributed by atoms with Crippen molar-refractivity contribution in [3.05, 3.63) is 29.3 Å². The summed E-state index contributed by atoms with van der Waals surface area (Å²) in [4.78, 5) is 14.0. The third-order valence-corrected chi connectivity index (χ3v) is 7.01. The number of carbonyl (C=O) groups excluding carboxylic acids is 1. The molecule has 3 N–H and O–H groups in total. The first-order valence-electron chi connectivity index (χ1n) is 10.2. The highest BCUT2D eigenvalue weighted by atomic mass is 16.3. The molecule has 2 aliphatic rings. The third-order valence-electron chi connectivity index (χ3n) is 7.01. The molecule has 0 spiro atoms. The van der Waals surface area contributed by atoms with E-state index in [1.165, 1.54) is 30.5 Å². The second-order valence-corrected chi connectivity index (χ2v) is 8.69. The van der Waals surface area contributed by atoms with Gasteiger partial charge in [-0.3, -0.25) is 4.79 Å². The summed E-state index contributed by atoms with van der Waals surface area (Å²) < 4.78 is 0. The van der Waals surface area contributed by atoms with E-state index in [0.29, 0.717) is 24.1 Å². The van der Waals surface area contributed by atoms with Crippen LogP contribution in [0.15, 0.2) is 18.2 Å². The van der Waals surface area contributed by atoms with Gasteiger partial charge >= 0.3 is 0 Å². The molecule has 2 fully saturated rings. The normalized spacial score (nSPS) is 29.7. The van der Waals surface area contributed by atoms with Gasteiger partial charge in [-0.05, 0) is 87.6 Å². The zero-order chi connectivity index (χ0) is 18.9. The van der Waals surface area contributed by atoms with E-state index in [9.17, 15) is 9.90 Å². The standard InChI is InChI=1S/C22H34N2O2/c1-15-6-9-19(25)13-20(15)22(10-4-5-21(23)26)11-12-24(14-18-7-8-18)17(3)16(22)2/h6,9,13,16-18,25H,4-5,7-8,10-12,14H2,1-3H3,(H2,23,26)/t16-,17+,22+/m0/s1. The summed E-state index contributed by atoms with van der Waals surface area (Å²) in [5.41, 5.74) is 7.89. The fourth-order valence-corrected chi connectivity index (χ4v) is 5.03. The summed E-state index contributed by atoms with van der Waals surface area (Å²) in [5.74, 6) is 1.47. The molecule has 1 aromatic rings. The molecular formula is C22H34N2O2. The number of nitrogens with zero attached hydrogens (tertiary/aromatic N) is 1. The van der Waals surface area contributed by atoms with Gasteiger partial charge < -0.3 is 15.7 Å². The summed E-state index contributed by atoms with van der Waals surface area (Å²) in [7, 11) is 0. The molecule has 0 unspecified atom stereocenters. The molecule has 1 saturated carbocycles. The van der Waals surface area contributed by atoms with Gasteiger partial charge in [-0.25, -0.2) is 0 Å². The Morgan fingerprint density at radius 3 is 2.73 bits per heavy atom. The van der Waals surface area contributed by atoms with Crippen molar-refractivity contribution in [3.8, 4) is 5.75 Å². The first kappa shape index (κ1) is 19.2. The molecule has 1 aromatic carbocycles. The molecule has 0 radical (unpaired) electrons. The maximum absolute atomic E-state index is 11.3. The predicted octanol–water partition coefficient (Wildman–Crippen LogP) is 3.73. The molecule has 1 heterocycles. The number of rotatable bonds is 7. The monoisotopic (exact) mass is 358 g/mol. The number of benzene rings is 1. The van der Waals surface area contributed by atoms with Gasteiger partial charge in [0.15, 0.2) is 0 Å². The van der Waals surface area contributed by atoms with Crippen LogP contribution in [-0.2, 0) is 10.2 Å². The van der Waals surface area contributed by atoms with Crippen molar-refractivity contribution < 1.29 is 9.90 Å². The number of hydrogen-bond donors (Lipinski definition) is 2. The van der Waals surface area contributed by atoms with Crippen LogP contribution in [0.3, 0.4) is 0 Å². The van der Waals surface area contributed by atoms with Gasteiger partial charge in [0, 0.05) is 24.4 Å². The molecule has 0 aromatic heterocycles. The second-order valence-electron chi connectivity index (χ2n) is 8.69. The number of piperidine rings is 1. The average Bonchev–Trinajstić information content (AvgIpc) is 3.40. The summed E-state index contributed by atoms with van der Waals surface area (Å²) in [6.07, 6.45) is 6.04. The minimum atomic E-state index is -0.223. The smallest absolute Gasteiger partial charge is 0.217 e. The maximum Gasteiger partial charge on any atom is 0.217 e. The molecule has 26 heavy (non-hydrogen) atoms. The van der Waals surface area contributed by atoms with Crippen molar-refractivity contribution in [3.63, 3.8) is 0 Å². The molecule has 1 saturated heterocycles. The Hall–Kier alpha value is -1.55. The fourth-order valence-electron chi connectivity index (χ4n) is 5.03. The number of primary amides is 1. The highest BCUT2D eigenvalue weighted by Crippen LogP contribution is 2.48. The first-order valence-corrected chi connectivity index (χ1v) is 10.2. The van der Waals surface area contributed by atoms with Gasteiger partial charge in [-0.1, -0.05) is 13.0 Å². The molecule has 3 atom stereocenters. The Kier molecular flexibility index (Phi) is 5.61. The molecule has 144 valence electrons. The van der Waals surface area contributed by atoms with Gasteiger partial charge in [0.2, 0.25) is 5.91 Å². The van der Waals surface area contributed by atoms with E-state index in [4.69, 9.17) is 5.73 Å². The summed E-state index contributed by atoms with van der Waals surface area (Å²) in [6, 6.07) is 6.25. The minimum Gasteiger partial charge on any atom is -0.508 e. The number of likely N-dealkylation sites (tertiary alicyclic amines) is 1. The van der Waals surface area contributed by atoms with Crippen molar-refractivity contribution in [1.82, 2.24) is 4.90 Å². The van der Waals surface area contributed by atoms with Crippen LogP contribution in [0.2, 0.25) is 0 Å². The summed E-state index contributed by atoms with van der Waals surface area (Å²) >= 11 is 0. The van der Waals surface area contributed by atoms with Crippen LogP contribution < -0.4 is 5.73 Å². The topological polar surface area (TPSA) is 66.6 Å². The molecule has 1 amide bonds. The predicted molar refractivity (Wildman–Crippen MR) is 105 cm³/mol. The van der Waals surface area contributed by atoms with Crippen molar-refractivity contribution in [2.24, 2.45) is 17.6 Å². The van der Waals surface area contributed by atoms with E-state index in [-0.39, 0.29) is 11.3 Å². The first-order chi connectivity index (χ1) is 12.3. The SMILES string of the molecule is Cc1ccc(O)cc1[C@]1(CCCC(N)=O)CCN(CC2CC2)[C@H](C)[C@@H]1C. The van der Waals surface area contributed by atoms with E-state index in [1.54, 1.807) is 6.07 Å². The number of amides is 1. The lowest BCUT2D eigenvalue weighted by Gasteiger charge is -2.52. The lowest BCUT2D eigenvalue weighted by molar-refractivity contribution is -0.118. The second kappa shape index (κ2) is 7.59. The Labute approximate surface area is 157 Å². The van der Waals surface area contributed by atoms with Crippen molar-refractivity contribution >= 4 is 5.91 Å². The highest BCUT2D eigenvalue weighted by Gasteiger charge is 2.46. The van der Waals surface area contributed by atoms with Crippen LogP contribution in [-0.4, -0.2) is 35.0 Å². The minimum absolute atomic E-state index is 0.00224. The number of nitrogens with two attached hydrogens (primary N) is 1. The van der Waals surface area contributed by atoms with Gasteiger partial charge in [-0.2, -0.15) is 0 Å². The number of aromatic hydroxyl groups is 1. The van der Waals surface area contributed by atoms with E-state index in [1.807, 2.05) is 12.1 Å². The zero-order valence-electron chi connectivity index (χ0n) is 16.5. The maximum atomic E-state index is 11.3. The van der Waals surface area contributed by atoms with E-state index < -0.39 is 0 Å². The molecule has 0 bridgehead atoms. The van der Waals surface area contributed by atoms with E-state index in [2.05, 4.69) is 25.7 Å². The lowest BCUT2D eigenvalue weighted by Crippen LogP contribution is -2.54. The van der Waals surface area contributed by atoms with E-state index >= 15 is 0 Å². The molecule has 4 heteroatoms. The molecule has 3 rings (SSSR count). The van der Waals surface area contributed by atoms with Crippen LogP contribution >= 0.6 is 0 Å². The molecule has 1 aliphatic heterocycles. The largest absolute Gasteiger partial charge is 0.508 e. The Balaban J connectivity index is 1.89. The zero-order valence-corrected chi connectivity index (χ0v) is 16.5. The molecule has 1 aliphatic carbocycles. The van der Waals surface area contributed by atoms with E-state index in [0.717, 1.165) is 31.7 Å². The summed E-state index contributed by atoms with van der Waals surface area (Å²) in [5, 5.41) is 10.1. The van der Waals surface area contributed by atoms with Crippen LogP contribution in [0, 0.1) is 18.8 Å². The lowest BCUT2D eigenvalue weighted by atomic mass is 9.60. The van der Waals surface area contributed by atoms with Crippen molar-refractivity contribution in [2.45, 2.75) is 70.8 Å². The quantitative estimate of drug-likeness (QED) is 0.780. The Morgan fingerprint density at radius 2 is 2.08 bits per heavy atom. The number of aryl methyl sites for hydroxylation is 1. The van der Waals surface area contributed by atoms with Crippen LogP contribution in [0.4, 0.5) is 0 Å². The number of hydrogen-bond acceptors (Lipinski definition) is 3. The Bertz CT molecular complexity index is 656. The fraction of sp³-hybridized carbons (Fsp3) is 0.682. The van der Waals surface area contributed by atoms with Crippen LogP contribution in [0.25, 0.3) is 0 Å². The third kappa shape index (κ3) is 3.90. The van der Waals surface area contributed by atoms with Crippen LogP contribution in [0.1, 0.15) is 63.5 Å². The van der Waals surface area contributed by atoms with Crippen LogP contribution in [0.5, 0.6) is 5.75 Å². The van der Waals surface area contributed by atoms with Gasteiger partial charge in [-0.15, -0.1) is 0 Å². The Morgan fingerprint density at radius 1 is 1.35 bits per heavy atom. The number of phenols is 1. The molecular weight excluding hydrogens is 324 g/mol. The summed E-state index contributed by atoms with van der Waals surface area (Å²) in [6.45, 7) is 9.17. The number of phenolic OH excluding ortho intramolecular Hbond substituents is 1. The number of carbonyl (C=O) groups is 1. The van der Waals surface area contributed by atoms with Gasteiger partial charge in [0.25, 0.3) is 0 Å².